The predicted octanol–water partition coefficient (Wildman–Crippen LogP) is 1.72. The lowest BCUT2D eigenvalue weighted by Crippen LogP contribution is -2.42. The number of aromatic nitrogens is 4. The number of nitrogens with zero attached hydrogens (tertiary/aromatic N) is 4. The normalized spacial score (nSPS) is 27.2. The topological polar surface area (TPSA) is 210 Å². The number of rotatable bonds is 9. The number of ether oxygens (including phenoxy) is 1. The van der Waals surface area contributed by atoms with Crippen LogP contribution in [0.1, 0.15) is 52.7 Å². The molecule has 4 unspecified atom stereocenters. The van der Waals surface area contributed by atoms with Crippen LogP contribution < -0.4 is 20.7 Å². The first-order valence-electron chi connectivity index (χ1n) is 14.7. The summed E-state index contributed by atoms with van der Waals surface area (Å²) in [7, 11) is -3.73. The number of nitrogens with one attached hydrogen (secondary N) is 4. The first kappa shape index (κ1) is 31.7. The Labute approximate surface area is 254 Å². The SMILES string of the molecule is CCNC(=O)[C@H]1O[C@@H](n2cnc3c(NC(=O)Nc4ccc(S(=O)(=O)NC5CCC(CC)CC5C)cc4)ncnc32)[C@@H](O)C1O. The van der Waals surface area contributed by atoms with Gasteiger partial charge in [0.05, 0.1) is 11.2 Å². The monoisotopic (exact) mass is 630 g/mol. The Morgan fingerprint density at radius 1 is 1.05 bits per heavy atom. The molecule has 16 heteroatoms. The van der Waals surface area contributed by atoms with Crippen LogP contribution >= 0.6 is 0 Å². The molecule has 2 fully saturated rings. The molecule has 1 aliphatic heterocycles. The average Bonchev–Trinajstić information content (AvgIpc) is 3.55. The van der Waals surface area contributed by atoms with Gasteiger partial charge in [-0.3, -0.25) is 14.7 Å². The number of fused-ring (bicyclic) bond motifs is 1. The van der Waals surface area contributed by atoms with E-state index < -0.39 is 46.5 Å². The van der Waals surface area contributed by atoms with E-state index in [0.29, 0.717) is 18.2 Å². The van der Waals surface area contributed by atoms with E-state index in [0.717, 1.165) is 25.7 Å². The molecule has 1 saturated carbocycles. The molecule has 15 nitrogen and oxygen atoms in total. The van der Waals surface area contributed by atoms with Gasteiger partial charge < -0.3 is 25.6 Å². The van der Waals surface area contributed by atoms with Gasteiger partial charge in [-0.2, -0.15) is 0 Å². The Bertz CT molecular complexity index is 1600. The second-order valence-electron chi connectivity index (χ2n) is 11.3. The minimum absolute atomic E-state index is 0.0508. The average molecular weight is 631 g/mol. The third kappa shape index (κ3) is 6.53. The summed E-state index contributed by atoms with van der Waals surface area (Å²) in [6.07, 6.45) is 0.997. The summed E-state index contributed by atoms with van der Waals surface area (Å²) in [4.78, 5) is 37.6. The van der Waals surface area contributed by atoms with Crippen LogP contribution in [0.5, 0.6) is 0 Å². The van der Waals surface area contributed by atoms with Gasteiger partial charge in [-0.05, 0) is 62.3 Å². The molecule has 2 aliphatic rings. The minimum Gasteiger partial charge on any atom is -0.387 e. The van der Waals surface area contributed by atoms with Gasteiger partial charge in [-0.25, -0.2) is 32.9 Å². The number of anilines is 2. The summed E-state index contributed by atoms with van der Waals surface area (Å²) in [5.74, 6) is 0.368. The van der Waals surface area contributed by atoms with E-state index >= 15 is 0 Å². The van der Waals surface area contributed by atoms with E-state index in [1.165, 1.54) is 41.5 Å². The third-order valence-corrected chi connectivity index (χ3v) is 9.80. The van der Waals surface area contributed by atoms with Gasteiger partial charge in [0.1, 0.15) is 18.5 Å². The molecule has 5 rings (SSSR count). The van der Waals surface area contributed by atoms with Gasteiger partial charge in [0, 0.05) is 18.3 Å². The molecule has 1 aromatic carbocycles. The number of carbonyl (C=O) groups is 2. The number of aliphatic hydroxyl groups excluding tert-OH is 2. The van der Waals surface area contributed by atoms with Gasteiger partial charge in [0.15, 0.2) is 29.3 Å². The number of amides is 3. The number of likely N-dealkylation sites (N-methyl/N-ethyl adjacent to an activating group) is 1. The fraction of sp³-hybridized carbons (Fsp3) is 0.536. The molecule has 44 heavy (non-hydrogen) atoms. The highest BCUT2D eigenvalue weighted by Gasteiger charge is 2.47. The number of aliphatic hydroxyl groups is 2. The minimum atomic E-state index is -3.73. The maximum atomic E-state index is 13.0. The highest BCUT2D eigenvalue weighted by molar-refractivity contribution is 7.89. The van der Waals surface area contributed by atoms with Crippen molar-refractivity contribution in [2.45, 2.75) is 81.9 Å². The van der Waals surface area contributed by atoms with Crippen molar-refractivity contribution in [2.75, 3.05) is 17.2 Å². The number of carbonyl (C=O) groups excluding carboxylic acids is 2. The van der Waals surface area contributed by atoms with Gasteiger partial charge in [0.25, 0.3) is 5.91 Å². The molecule has 1 saturated heterocycles. The first-order valence-corrected chi connectivity index (χ1v) is 16.2. The Morgan fingerprint density at radius 2 is 1.80 bits per heavy atom. The summed E-state index contributed by atoms with van der Waals surface area (Å²) < 4.78 is 35.9. The van der Waals surface area contributed by atoms with Crippen LogP contribution in [0.2, 0.25) is 0 Å². The van der Waals surface area contributed by atoms with Crippen LogP contribution in [0.4, 0.5) is 16.3 Å². The van der Waals surface area contributed by atoms with Crippen molar-refractivity contribution in [2.24, 2.45) is 11.8 Å². The molecule has 0 spiro atoms. The zero-order valence-corrected chi connectivity index (χ0v) is 25.5. The maximum Gasteiger partial charge on any atom is 0.324 e. The molecule has 7 atom stereocenters. The molecular weight excluding hydrogens is 592 g/mol. The summed E-state index contributed by atoms with van der Waals surface area (Å²) in [5, 5.41) is 28.7. The number of urea groups is 1. The summed E-state index contributed by atoms with van der Waals surface area (Å²) in [6, 6.07) is 5.06. The first-order chi connectivity index (χ1) is 21.0. The molecule has 1 aliphatic carbocycles. The zero-order chi connectivity index (χ0) is 31.6. The van der Waals surface area contributed by atoms with Gasteiger partial charge >= 0.3 is 6.03 Å². The lowest BCUT2D eigenvalue weighted by Gasteiger charge is -2.34. The van der Waals surface area contributed by atoms with Crippen LogP contribution in [-0.4, -0.2) is 81.0 Å². The zero-order valence-electron chi connectivity index (χ0n) is 24.7. The van der Waals surface area contributed by atoms with E-state index in [9.17, 15) is 28.2 Å². The number of hydrogen-bond acceptors (Lipinski definition) is 10. The van der Waals surface area contributed by atoms with E-state index in [-0.39, 0.29) is 33.8 Å². The van der Waals surface area contributed by atoms with Crippen LogP contribution in [0, 0.1) is 11.8 Å². The van der Waals surface area contributed by atoms with Crippen molar-refractivity contribution in [1.29, 1.82) is 0 Å². The molecule has 0 bridgehead atoms. The number of sulfonamides is 1. The van der Waals surface area contributed by atoms with Crippen molar-refractivity contribution in [1.82, 2.24) is 29.6 Å². The van der Waals surface area contributed by atoms with E-state index in [1.807, 2.05) is 0 Å². The number of hydrogen-bond donors (Lipinski definition) is 6. The smallest absolute Gasteiger partial charge is 0.324 e. The molecule has 3 aromatic rings. The second kappa shape index (κ2) is 13.1. The van der Waals surface area contributed by atoms with Gasteiger partial charge in [0.2, 0.25) is 10.0 Å². The molecule has 3 amide bonds. The lowest BCUT2D eigenvalue weighted by molar-refractivity contribution is -0.137. The molecule has 0 radical (unpaired) electrons. The molecular formula is C28H38N8O7S. The quantitative estimate of drug-likeness (QED) is 0.202. The maximum absolute atomic E-state index is 13.0. The van der Waals surface area contributed by atoms with Crippen LogP contribution in [0.15, 0.2) is 41.8 Å². The number of benzene rings is 1. The summed E-state index contributed by atoms with van der Waals surface area (Å²) in [6.45, 7) is 6.28. The van der Waals surface area contributed by atoms with Crippen molar-refractivity contribution >= 4 is 44.6 Å². The highest BCUT2D eigenvalue weighted by atomic mass is 32.2. The molecule has 3 heterocycles. The van der Waals surface area contributed by atoms with Crippen molar-refractivity contribution in [3.8, 4) is 0 Å². The van der Waals surface area contributed by atoms with Gasteiger partial charge in [-0.1, -0.05) is 20.3 Å². The fourth-order valence-electron chi connectivity index (χ4n) is 5.82. The molecule has 2 aromatic heterocycles. The standard InChI is InChI=1S/C28H38N8O7S/c1-4-16-6-11-19(15(3)12-16)35-44(41,42)18-9-7-17(8-10-18)33-28(40)34-24-20-25(31-13-30-24)36(14-32-20)27-22(38)21(37)23(43-27)26(39)29-5-2/h7-10,13-16,19,21-23,27,35,37-38H,4-6,11-12H2,1-3H3,(H,29,39)(H2,30,31,33,34,40)/t15?,16?,19?,21?,22-,23-,27+/m0/s1. The summed E-state index contributed by atoms with van der Waals surface area (Å²) >= 11 is 0. The predicted molar refractivity (Wildman–Crippen MR) is 160 cm³/mol. The number of imidazole rings is 1. The Hall–Kier alpha value is -3.70. The third-order valence-electron chi connectivity index (χ3n) is 8.30. The van der Waals surface area contributed by atoms with Crippen molar-refractivity contribution in [3.05, 3.63) is 36.9 Å². The Morgan fingerprint density at radius 3 is 2.48 bits per heavy atom. The van der Waals surface area contributed by atoms with Crippen LogP contribution in [-0.2, 0) is 19.6 Å². The van der Waals surface area contributed by atoms with Crippen LogP contribution in [0.3, 0.4) is 0 Å². The van der Waals surface area contributed by atoms with Crippen molar-refractivity contribution < 1.29 is 33.0 Å². The van der Waals surface area contributed by atoms with E-state index in [4.69, 9.17) is 4.74 Å². The highest BCUT2D eigenvalue weighted by Crippen LogP contribution is 2.33. The van der Waals surface area contributed by atoms with Crippen LogP contribution in [0.25, 0.3) is 11.2 Å². The molecule has 238 valence electrons. The lowest BCUT2D eigenvalue weighted by atomic mass is 9.78. The largest absolute Gasteiger partial charge is 0.387 e. The van der Waals surface area contributed by atoms with Crippen molar-refractivity contribution in [3.63, 3.8) is 0 Å². The summed E-state index contributed by atoms with van der Waals surface area (Å²) in [5.41, 5.74) is 0.703. The van der Waals surface area contributed by atoms with E-state index in [1.54, 1.807) is 6.92 Å². The molecule has 6 N–H and O–H groups in total. The van der Waals surface area contributed by atoms with E-state index in [2.05, 4.69) is 49.5 Å². The Balaban J connectivity index is 1.23. The Kier molecular flexibility index (Phi) is 9.45. The second-order valence-corrected chi connectivity index (χ2v) is 13.0. The fourth-order valence-corrected chi connectivity index (χ4v) is 7.20. The van der Waals surface area contributed by atoms with Gasteiger partial charge in [-0.15, -0.1) is 0 Å².